The van der Waals surface area contributed by atoms with E-state index in [-0.39, 0.29) is 16.6 Å². The number of benzene rings is 1. The van der Waals surface area contributed by atoms with Crippen molar-refractivity contribution in [3.05, 3.63) is 23.8 Å². The topological polar surface area (TPSA) is 44.5 Å². The summed E-state index contributed by atoms with van der Waals surface area (Å²) >= 11 is 0. The smallest absolute Gasteiger partial charge is 0.493 e. The highest BCUT2D eigenvalue weighted by atomic mass is 19.4. The SMILES string of the molecule is CC(C)(CN)COc1cc(OC(F)(F)F)ccc1C(C)(C)C. The molecule has 1 rings (SSSR count). The molecule has 0 atom stereocenters. The third kappa shape index (κ3) is 5.75. The summed E-state index contributed by atoms with van der Waals surface area (Å²) in [5, 5.41) is 0. The lowest BCUT2D eigenvalue weighted by molar-refractivity contribution is -0.274. The Morgan fingerprint density at radius 3 is 2.09 bits per heavy atom. The van der Waals surface area contributed by atoms with Crippen LogP contribution in [0.15, 0.2) is 18.2 Å². The van der Waals surface area contributed by atoms with E-state index in [1.807, 2.05) is 34.6 Å². The summed E-state index contributed by atoms with van der Waals surface area (Å²) in [6, 6.07) is 4.18. The second kappa shape index (κ2) is 6.36. The molecular formula is C16H24F3NO2. The van der Waals surface area contributed by atoms with Gasteiger partial charge >= 0.3 is 6.36 Å². The molecule has 126 valence electrons. The first-order valence-corrected chi connectivity index (χ1v) is 7.07. The summed E-state index contributed by atoms with van der Waals surface area (Å²) < 4.78 is 46.8. The van der Waals surface area contributed by atoms with Crippen LogP contribution < -0.4 is 15.2 Å². The molecule has 0 saturated carbocycles. The monoisotopic (exact) mass is 319 g/mol. The minimum absolute atomic E-state index is 0.265. The third-order valence-electron chi connectivity index (χ3n) is 3.17. The Morgan fingerprint density at radius 2 is 1.64 bits per heavy atom. The van der Waals surface area contributed by atoms with Crippen LogP contribution in [0.2, 0.25) is 0 Å². The van der Waals surface area contributed by atoms with E-state index in [1.165, 1.54) is 12.1 Å². The van der Waals surface area contributed by atoms with E-state index in [0.717, 1.165) is 5.56 Å². The van der Waals surface area contributed by atoms with Gasteiger partial charge < -0.3 is 15.2 Å². The molecule has 0 aliphatic carbocycles. The van der Waals surface area contributed by atoms with E-state index in [1.54, 1.807) is 6.07 Å². The van der Waals surface area contributed by atoms with Gasteiger partial charge in [0.2, 0.25) is 0 Å². The van der Waals surface area contributed by atoms with Crippen molar-refractivity contribution < 1.29 is 22.6 Å². The van der Waals surface area contributed by atoms with Gasteiger partial charge in [0.05, 0.1) is 6.61 Å². The van der Waals surface area contributed by atoms with Crippen molar-refractivity contribution in [1.29, 1.82) is 0 Å². The van der Waals surface area contributed by atoms with E-state index in [2.05, 4.69) is 4.74 Å². The predicted octanol–water partition coefficient (Wildman–Crippen LogP) is 4.25. The number of hydrogen-bond acceptors (Lipinski definition) is 3. The highest BCUT2D eigenvalue weighted by molar-refractivity contribution is 5.44. The van der Waals surface area contributed by atoms with Gasteiger partial charge in [-0.05, 0) is 17.0 Å². The van der Waals surface area contributed by atoms with Gasteiger partial charge in [0.25, 0.3) is 0 Å². The van der Waals surface area contributed by atoms with Crippen molar-refractivity contribution in [3.63, 3.8) is 0 Å². The first-order valence-electron chi connectivity index (χ1n) is 7.07. The molecular weight excluding hydrogens is 295 g/mol. The van der Waals surface area contributed by atoms with Crippen LogP contribution in [0.1, 0.15) is 40.2 Å². The van der Waals surface area contributed by atoms with E-state index < -0.39 is 6.36 Å². The Morgan fingerprint density at radius 1 is 1.05 bits per heavy atom. The number of hydrogen-bond donors (Lipinski definition) is 1. The Bertz CT molecular complexity index is 505. The van der Waals surface area contributed by atoms with Gasteiger partial charge in [-0.1, -0.05) is 40.7 Å². The van der Waals surface area contributed by atoms with Crippen LogP contribution in [0.3, 0.4) is 0 Å². The molecule has 0 saturated heterocycles. The standard InChI is InChI=1S/C16H24F3NO2/c1-14(2,3)12-7-6-11(22-16(17,18)19)8-13(12)21-10-15(4,5)9-20/h6-8H,9-10,20H2,1-5H3. The van der Waals surface area contributed by atoms with Crippen LogP contribution >= 0.6 is 0 Å². The van der Waals surface area contributed by atoms with E-state index in [9.17, 15) is 13.2 Å². The van der Waals surface area contributed by atoms with Crippen molar-refractivity contribution in [2.75, 3.05) is 13.2 Å². The quantitative estimate of drug-likeness (QED) is 0.882. The van der Waals surface area contributed by atoms with Crippen LogP contribution in [0.25, 0.3) is 0 Å². The maximum Gasteiger partial charge on any atom is 0.573 e. The molecule has 0 amide bonds. The maximum atomic E-state index is 12.4. The molecule has 0 spiro atoms. The number of rotatable bonds is 5. The first kappa shape index (κ1) is 18.6. The minimum atomic E-state index is -4.73. The van der Waals surface area contributed by atoms with Gasteiger partial charge in [-0.25, -0.2) is 0 Å². The Labute approximate surface area is 129 Å². The normalized spacial score (nSPS) is 13.1. The second-order valence-corrected chi connectivity index (χ2v) is 7.11. The van der Waals surface area contributed by atoms with Crippen LogP contribution in [0.4, 0.5) is 13.2 Å². The summed E-state index contributed by atoms with van der Waals surface area (Å²) in [6.07, 6.45) is -4.73. The molecule has 0 aromatic heterocycles. The molecule has 1 aromatic rings. The Balaban J connectivity index is 3.10. The van der Waals surface area contributed by atoms with E-state index in [0.29, 0.717) is 18.9 Å². The van der Waals surface area contributed by atoms with Crippen molar-refractivity contribution in [1.82, 2.24) is 0 Å². The predicted molar refractivity (Wildman–Crippen MR) is 80.2 cm³/mol. The minimum Gasteiger partial charge on any atom is -0.493 e. The van der Waals surface area contributed by atoms with Gasteiger partial charge in [0.15, 0.2) is 0 Å². The first-order chi connectivity index (χ1) is 9.84. The highest BCUT2D eigenvalue weighted by Gasteiger charge is 2.32. The van der Waals surface area contributed by atoms with Crippen LogP contribution in [0, 0.1) is 5.41 Å². The fraction of sp³-hybridized carbons (Fsp3) is 0.625. The number of nitrogens with two attached hydrogens (primary N) is 1. The highest BCUT2D eigenvalue weighted by Crippen LogP contribution is 2.36. The van der Waals surface area contributed by atoms with Crippen molar-refractivity contribution in [3.8, 4) is 11.5 Å². The maximum absolute atomic E-state index is 12.4. The lowest BCUT2D eigenvalue weighted by Gasteiger charge is -2.27. The molecule has 0 aliphatic heterocycles. The van der Waals surface area contributed by atoms with E-state index >= 15 is 0 Å². The van der Waals surface area contributed by atoms with Crippen molar-refractivity contribution in [2.45, 2.75) is 46.4 Å². The summed E-state index contributed by atoms with van der Waals surface area (Å²) in [5.74, 6) is 0.0943. The summed E-state index contributed by atoms with van der Waals surface area (Å²) in [6.45, 7) is 10.5. The van der Waals surface area contributed by atoms with Gasteiger partial charge in [-0.3, -0.25) is 0 Å². The summed E-state index contributed by atoms with van der Waals surface area (Å²) in [5.41, 5.74) is 5.94. The molecule has 2 N–H and O–H groups in total. The zero-order valence-electron chi connectivity index (χ0n) is 13.7. The molecule has 6 heteroatoms. The third-order valence-corrected chi connectivity index (χ3v) is 3.17. The van der Waals surface area contributed by atoms with Gasteiger partial charge in [-0.2, -0.15) is 0 Å². The fourth-order valence-electron chi connectivity index (χ4n) is 1.77. The average molecular weight is 319 g/mol. The molecule has 0 heterocycles. The lowest BCUT2D eigenvalue weighted by atomic mass is 9.86. The molecule has 0 bridgehead atoms. The fourth-order valence-corrected chi connectivity index (χ4v) is 1.77. The van der Waals surface area contributed by atoms with Crippen molar-refractivity contribution >= 4 is 0 Å². The molecule has 3 nitrogen and oxygen atoms in total. The van der Waals surface area contributed by atoms with E-state index in [4.69, 9.17) is 10.5 Å². The second-order valence-electron chi connectivity index (χ2n) is 7.11. The zero-order valence-corrected chi connectivity index (χ0v) is 13.7. The van der Waals surface area contributed by atoms with Gasteiger partial charge in [-0.15, -0.1) is 13.2 Å². The lowest BCUT2D eigenvalue weighted by Crippen LogP contribution is -2.30. The largest absolute Gasteiger partial charge is 0.573 e. The molecule has 0 radical (unpaired) electrons. The number of ether oxygens (including phenoxy) is 2. The van der Waals surface area contributed by atoms with Crippen LogP contribution in [0.5, 0.6) is 11.5 Å². The van der Waals surface area contributed by atoms with Gasteiger partial charge in [0, 0.05) is 18.0 Å². The van der Waals surface area contributed by atoms with Crippen molar-refractivity contribution in [2.24, 2.45) is 11.1 Å². The number of halogens is 3. The summed E-state index contributed by atoms with van der Waals surface area (Å²) in [4.78, 5) is 0. The zero-order chi connectivity index (χ0) is 17.2. The molecule has 0 aliphatic rings. The molecule has 22 heavy (non-hydrogen) atoms. The number of alkyl halides is 3. The van der Waals surface area contributed by atoms with Gasteiger partial charge in [0.1, 0.15) is 11.5 Å². The van der Waals surface area contributed by atoms with Crippen LogP contribution in [-0.2, 0) is 5.41 Å². The molecule has 1 aromatic carbocycles. The van der Waals surface area contributed by atoms with Crippen LogP contribution in [-0.4, -0.2) is 19.5 Å². The average Bonchev–Trinajstić information content (AvgIpc) is 2.33. The molecule has 0 fully saturated rings. The summed E-state index contributed by atoms with van der Waals surface area (Å²) in [7, 11) is 0. The Kier molecular flexibility index (Phi) is 5.38. The molecule has 0 unspecified atom stereocenters. The Hall–Kier alpha value is -1.43.